The molecule has 0 fully saturated rings. The van der Waals surface area contributed by atoms with Crippen LogP contribution in [0.2, 0.25) is 0 Å². The molecule has 3 heteroatoms. The van der Waals surface area contributed by atoms with E-state index in [1.54, 1.807) is 0 Å². The molecule has 0 radical (unpaired) electrons. The van der Waals surface area contributed by atoms with Gasteiger partial charge in [-0.2, -0.15) is 0 Å². The molecule has 0 unspecified atom stereocenters. The summed E-state index contributed by atoms with van der Waals surface area (Å²) in [4.78, 5) is 4.39. The van der Waals surface area contributed by atoms with E-state index in [0.29, 0.717) is 0 Å². The van der Waals surface area contributed by atoms with Crippen molar-refractivity contribution in [2.45, 2.75) is 6.92 Å². The van der Waals surface area contributed by atoms with Gasteiger partial charge in [-0.3, -0.25) is 4.98 Å². The van der Waals surface area contributed by atoms with Crippen LogP contribution in [0.25, 0.3) is 44.2 Å². The molecular formula is C24H16BrNO. The summed E-state index contributed by atoms with van der Waals surface area (Å²) in [5.74, 6) is 0. The zero-order chi connectivity index (χ0) is 18.4. The molecule has 130 valence electrons. The van der Waals surface area contributed by atoms with E-state index in [0.717, 1.165) is 43.2 Å². The smallest absolute Gasteiger partial charge is 0.149 e. The Bertz CT molecular complexity index is 1270. The van der Waals surface area contributed by atoms with Gasteiger partial charge in [-0.15, -0.1) is 0 Å². The number of hydrogen-bond acceptors (Lipinski definition) is 2. The van der Waals surface area contributed by atoms with E-state index in [9.17, 15) is 0 Å². The number of rotatable bonds is 2. The number of hydrogen-bond donors (Lipinski definition) is 0. The lowest BCUT2D eigenvalue weighted by atomic mass is 9.99. The van der Waals surface area contributed by atoms with Crippen LogP contribution in [0.5, 0.6) is 0 Å². The Kier molecular flexibility index (Phi) is 3.83. The average molecular weight is 414 g/mol. The van der Waals surface area contributed by atoms with Gasteiger partial charge in [0.2, 0.25) is 0 Å². The molecule has 0 atom stereocenters. The van der Waals surface area contributed by atoms with Crippen molar-refractivity contribution >= 4 is 37.9 Å². The molecule has 5 rings (SSSR count). The summed E-state index contributed by atoms with van der Waals surface area (Å²) >= 11 is 3.68. The van der Waals surface area contributed by atoms with Gasteiger partial charge in [0, 0.05) is 28.2 Å². The molecule has 0 aliphatic carbocycles. The number of aromatic nitrogens is 1. The average Bonchev–Trinajstić information content (AvgIpc) is 3.08. The van der Waals surface area contributed by atoms with Gasteiger partial charge >= 0.3 is 0 Å². The number of pyridine rings is 1. The molecule has 2 heterocycles. The minimum Gasteiger partial charge on any atom is -0.455 e. The van der Waals surface area contributed by atoms with Crippen LogP contribution in [0, 0.1) is 6.92 Å². The van der Waals surface area contributed by atoms with Crippen molar-refractivity contribution in [3.05, 3.63) is 89.2 Å². The van der Waals surface area contributed by atoms with Crippen molar-refractivity contribution in [2.24, 2.45) is 0 Å². The number of furan rings is 1. The second-order valence-corrected chi connectivity index (χ2v) is 7.55. The van der Waals surface area contributed by atoms with Gasteiger partial charge in [-0.05, 0) is 63.8 Å². The van der Waals surface area contributed by atoms with Crippen LogP contribution in [0.4, 0.5) is 0 Å². The first-order chi connectivity index (χ1) is 13.2. The van der Waals surface area contributed by atoms with Crippen molar-refractivity contribution in [3.63, 3.8) is 0 Å². The Morgan fingerprint density at radius 3 is 2.19 bits per heavy atom. The van der Waals surface area contributed by atoms with E-state index in [-0.39, 0.29) is 0 Å². The van der Waals surface area contributed by atoms with Crippen LogP contribution < -0.4 is 0 Å². The molecule has 0 saturated heterocycles. The summed E-state index contributed by atoms with van der Waals surface area (Å²) in [6, 6.07) is 25.2. The number of aryl methyl sites for hydroxylation is 1. The summed E-state index contributed by atoms with van der Waals surface area (Å²) in [5.41, 5.74) is 7.46. The summed E-state index contributed by atoms with van der Waals surface area (Å²) < 4.78 is 6.98. The zero-order valence-electron chi connectivity index (χ0n) is 14.7. The van der Waals surface area contributed by atoms with Crippen LogP contribution in [-0.4, -0.2) is 4.98 Å². The molecular weight excluding hydrogens is 398 g/mol. The highest BCUT2D eigenvalue weighted by Crippen LogP contribution is 2.37. The van der Waals surface area contributed by atoms with Crippen molar-refractivity contribution in [3.8, 4) is 22.3 Å². The van der Waals surface area contributed by atoms with E-state index in [4.69, 9.17) is 4.42 Å². The Balaban J connectivity index is 1.60. The molecule has 3 aromatic carbocycles. The summed E-state index contributed by atoms with van der Waals surface area (Å²) in [6.07, 6.45) is 1.92. The third-order valence-corrected chi connectivity index (χ3v) is 5.48. The Morgan fingerprint density at radius 2 is 1.44 bits per heavy atom. The van der Waals surface area contributed by atoms with Gasteiger partial charge in [0.15, 0.2) is 0 Å². The van der Waals surface area contributed by atoms with E-state index in [1.807, 2.05) is 37.4 Å². The quantitative estimate of drug-likeness (QED) is 0.301. The summed E-state index contributed by atoms with van der Waals surface area (Å²) in [7, 11) is 0. The number of halogens is 1. The lowest BCUT2D eigenvalue weighted by molar-refractivity contribution is 0.667. The molecule has 0 bridgehead atoms. The molecule has 0 aliphatic heterocycles. The van der Waals surface area contributed by atoms with Gasteiger partial charge in [0.1, 0.15) is 11.2 Å². The maximum atomic E-state index is 6.01. The van der Waals surface area contributed by atoms with Gasteiger partial charge in [-0.1, -0.05) is 48.5 Å². The highest BCUT2D eigenvalue weighted by Gasteiger charge is 2.12. The molecule has 27 heavy (non-hydrogen) atoms. The lowest BCUT2D eigenvalue weighted by Crippen LogP contribution is -1.84. The minimum absolute atomic E-state index is 0.891. The fourth-order valence-electron chi connectivity index (χ4n) is 3.45. The van der Waals surface area contributed by atoms with Crippen molar-refractivity contribution in [1.29, 1.82) is 0 Å². The fraction of sp³-hybridized carbons (Fsp3) is 0.0417. The molecule has 0 amide bonds. The first-order valence-corrected chi connectivity index (χ1v) is 9.62. The van der Waals surface area contributed by atoms with Crippen molar-refractivity contribution < 1.29 is 4.42 Å². The number of fused-ring (bicyclic) bond motifs is 3. The molecule has 0 aliphatic rings. The third-order valence-electron chi connectivity index (χ3n) is 4.90. The van der Waals surface area contributed by atoms with Gasteiger partial charge in [0.25, 0.3) is 0 Å². The SMILES string of the molecule is Cc1ccc(-c2ccc(-c3cc(Br)c4oc5ccccc5c4c3)cc2)cn1. The molecule has 5 aromatic rings. The number of nitrogens with zero attached hydrogens (tertiary/aromatic N) is 1. The number of para-hydroxylation sites is 1. The van der Waals surface area contributed by atoms with Gasteiger partial charge in [0.05, 0.1) is 4.47 Å². The molecule has 0 spiro atoms. The van der Waals surface area contributed by atoms with Crippen LogP contribution in [0.15, 0.2) is 87.9 Å². The number of benzene rings is 3. The first-order valence-electron chi connectivity index (χ1n) is 8.83. The van der Waals surface area contributed by atoms with E-state index >= 15 is 0 Å². The van der Waals surface area contributed by atoms with Crippen LogP contribution in [0.1, 0.15) is 5.69 Å². The summed E-state index contributed by atoms with van der Waals surface area (Å²) in [5, 5.41) is 2.26. The topological polar surface area (TPSA) is 26.0 Å². The van der Waals surface area contributed by atoms with E-state index in [1.165, 1.54) is 11.1 Å². The first kappa shape index (κ1) is 16.3. The van der Waals surface area contributed by atoms with Gasteiger partial charge in [-0.25, -0.2) is 0 Å². The highest BCUT2D eigenvalue weighted by molar-refractivity contribution is 9.10. The Labute approximate surface area is 165 Å². The normalized spacial score (nSPS) is 11.3. The minimum atomic E-state index is 0.891. The highest BCUT2D eigenvalue weighted by atomic mass is 79.9. The Morgan fingerprint density at radius 1 is 0.741 bits per heavy atom. The maximum Gasteiger partial charge on any atom is 0.149 e. The second-order valence-electron chi connectivity index (χ2n) is 6.70. The predicted octanol–water partition coefficient (Wildman–Crippen LogP) is 7.39. The molecule has 2 aromatic heterocycles. The van der Waals surface area contributed by atoms with Crippen LogP contribution in [-0.2, 0) is 0 Å². The Hall–Kier alpha value is -2.91. The molecule has 0 saturated carbocycles. The van der Waals surface area contributed by atoms with Crippen LogP contribution in [0.3, 0.4) is 0 Å². The standard InChI is InChI=1S/C24H16BrNO/c1-15-6-7-18(14-26-15)16-8-10-17(11-9-16)19-12-21-20-4-2-3-5-23(20)27-24(21)22(25)13-19/h2-14H,1H3. The lowest BCUT2D eigenvalue weighted by Gasteiger charge is -2.06. The second kappa shape index (κ2) is 6.36. The molecule has 0 N–H and O–H groups in total. The van der Waals surface area contributed by atoms with Crippen molar-refractivity contribution in [2.75, 3.05) is 0 Å². The predicted molar refractivity (Wildman–Crippen MR) is 115 cm³/mol. The van der Waals surface area contributed by atoms with E-state index in [2.05, 4.69) is 69.4 Å². The zero-order valence-corrected chi connectivity index (χ0v) is 16.3. The van der Waals surface area contributed by atoms with Crippen molar-refractivity contribution in [1.82, 2.24) is 4.98 Å². The van der Waals surface area contributed by atoms with Gasteiger partial charge < -0.3 is 4.42 Å². The largest absolute Gasteiger partial charge is 0.455 e. The fourth-order valence-corrected chi connectivity index (χ4v) is 3.99. The van der Waals surface area contributed by atoms with Crippen LogP contribution >= 0.6 is 15.9 Å². The summed E-state index contributed by atoms with van der Waals surface area (Å²) in [6.45, 7) is 2.00. The molecule has 2 nitrogen and oxygen atoms in total. The maximum absolute atomic E-state index is 6.01. The third kappa shape index (κ3) is 2.84. The van der Waals surface area contributed by atoms with E-state index < -0.39 is 0 Å². The monoisotopic (exact) mass is 413 g/mol.